The number of nitrogens with zero attached hydrogens (tertiary/aromatic N) is 2. The molecule has 0 fully saturated rings. The lowest BCUT2D eigenvalue weighted by molar-refractivity contribution is -0.143. The van der Waals surface area contributed by atoms with Crippen molar-refractivity contribution in [1.29, 1.82) is 0 Å². The third kappa shape index (κ3) is 3.38. The van der Waals surface area contributed by atoms with Gasteiger partial charge in [0.2, 0.25) is 0 Å². The molecule has 1 atom stereocenters. The maximum absolute atomic E-state index is 11.4. The van der Waals surface area contributed by atoms with Crippen LogP contribution in [0.3, 0.4) is 0 Å². The summed E-state index contributed by atoms with van der Waals surface area (Å²) in [6.45, 7) is 3.87. The number of carbonyl (C=O) groups excluding carboxylic acids is 1. The summed E-state index contributed by atoms with van der Waals surface area (Å²) in [4.78, 5) is 19.3. The van der Waals surface area contributed by atoms with Crippen molar-refractivity contribution in [2.75, 3.05) is 24.3 Å². The molecule has 16 heavy (non-hydrogen) atoms. The fourth-order valence-corrected chi connectivity index (χ4v) is 1.12. The van der Waals surface area contributed by atoms with Crippen molar-refractivity contribution in [3.8, 4) is 0 Å². The van der Waals surface area contributed by atoms with Crippen molar-refractivity contribution in [3.63, 3.8) is 0 Å². The van der Waals surface area contributed by atoms with E-state index in [4.69, 9.17) is 4.74 Å². The molecule has 0 radical (unpaired) electrons. The van der Waals surface area contributed by atoms with E-state index in [9.17, 15) is 4.79 Å². The zero-order valence-electron chi connectivity index (χ0n) is 9.65. The van der Waals surface area contributed by atoms with E-state index < -0.39 is 6.04 Å². The SMILES string of the molecule is CCOC(=O)C(C)Nc1cc(NC)ncn1. The number of esters is 1. The van der Waals surface area contributed by atoms with Gasteiger partial charge in [0.1, 0.15) is 24.0 Å². The van der Waals surface area contributed by atoms with E-state index in [0.717, 1.165) is 0 Å². The zero-order chi connectivity index (χ0) is 12.0. The second kappa shape index (κ2) is 5.89. The highest BCUT2D eigenvalue weighted by atomic mass is 16.5. The molecule has 1 aromatic rings. The van der Waals surface area contributed by atoms with E-state index >= 15 is 0 Å². The van der Waals surface area contributed by atoms with Crippen LogP contribution >= 0.6 is 0 Å². The molecule has 1 heterocycles. The van der Waals surface area contributed by atoms with Gasteiger partial charge in [0.05, 0.1) is 6.61 Å². The Morgan fingerprint density at radius 2 is 2.19 bits per heavy atom. The monoisotopic (exact) mass is 224 g/mol. The van der Waals surface area contributed by atoms with Crippen LogP contribution in [0.15, 0.2) is 12.4 Å². The molecule has 0 aromatic carbocycles. The van der Waals surface area contributed by atoms with Crippen LogP contribution in [0.4, 0.5) is 11.6 Å². The topological polar surface area (TPSA) is 76.1 Å². The zero-order valence-corrected chi connectivity index (χ0v) is 9.65. The number of aromatic nitrogens is 2. The van der Waals surface area contributed by atoms with Crippen LogP contribution in [0, 0.1) is 0 Å². The van der Waals surface area contributed by atoms with E-state index in [1.165, 1.54) is 6.33 Å². The van der Waals surface area contributed by atoms with Crippen molar-refractivity contribution in [1.82, 2.24) is 9.97 Å². The Morgan fingerprint density at radius 1 is 1.50 bits per heavy atom. The van der Waals surface area contributed by atoms with Crippen molar-refractivity contribution >= 4 is 17.6 Å². The third-order valence-electron chi connectivity index (χ3n) is 1.93. The molecule has 0 aliphatic heterocycles. The predicted octanol–water partition coefficient (Wildman–Crippen LogP) is 0.882. The highest BCUT2D eigenvalue weighted by Crippen LogP contribution is 2.09. The molecular formula is C10H16N4O2. The van der Waals surface area contributed by atoms with Crippen molar-refractivity contribution in [2.45, 2.75) is 19.9 Å². The smallest absolute Gasteiger partial charge is 0.328 e. The first-order valence-electron chi connectivity index (χ1n) is 5.10. The molecule has 1 unspecified atom stereocenters. The van der Waals surface area contributed by atoms with Gasteiger partial charge in [-0.2, -0.15) is 0 Å². The number of nitrogens with one attached hydrogen (secondary N) is 2. The van der Waals surface area contributed by atoms with Gasteiger partial charge < -0.3 is 15.4 Å². The summed E-state index contributed by atoms with van der Waals surface area (Å²) in [6, 6.07) is 1.29. The number of anilines is 2. The van der Waals surface area contributed by atoms with Crippen molar-refractivity contribution in [3.05, 3.63) is 12.4 Å². The molecule has 0 amide bonds. The van der Waals surface area contributed by atoms with Crippen LogP contribution in [-0.4, -0.2) is 35.6 Å². The second-order valence-electron chi connectivity index (χ2n) is 3.16. The first-order valence-corrected chi connectivity index (χ1v) is 5.10. The van der Waals surface area contributed by atoms with Gasteiger partial charge in [0, 0.05) is 13.1 Å². The molecule has 0 saturated heterocycles. The Kier molecular flexibility index (Phi) is 4.50. The number of hydrogen-bond acceptors (Lipinski definition) is 6. The van der Waals surface area contributed by atoms with Gasteiger partial charge in [-0.25, -0.2) is 14.8 Å². The molecule has 6 nitrogen and oxygen atoms in total. The lowest BCUT2D eigenvalue weighted by Crippen LogP contribution is -2.28. The number of hydrogen-bond donors (Lipinski definition) is 2. The number of ether oxygens (including phenoxy) is 1. The maximum atomic E-state index is 11.4. The second-order valence-corrected chi connectivity index (χ2v) is 3.16. The van der Waals surface area contributed by atoms with Gasteiger partial charge in [-0.1, -0.05) is 0 Å². The fourth-order valence-electron chi connectivity index (χ4n) is 1.12. The normalized spacial score (nSPS) is 11.7. The van der Waals surface area contributed by atoms with Crippen LogP contribution < -0.4 is 10.6 Å². The minimum atomic E-state index is -0.431. The Balaban J connectivity index is 2.61. The Hall–Kier alpha value is -1.85. The van der Waals surface area contributed by atoms with E-state index in [0.29, 0.717) is 18.2 Å². The van der Waals surface area contributed by atoms with Crippen molar-refractivity contribution in [2.24, 2.45) is 0 Å². The van der Waals surface area contributed by atoms with Gasteiger partial charge in [-0.3, -0.25) is 0 Å². The van der Waals surface area contributed by atoms with E-state index in [1.807, 2.05) is 0 Å². The van der Waals surface area contributed by atoms with Crippen LogP contribution in [0.1, 0.15) is 13.8 Å². The molecule has 0 aliphatic carbocycles. The van der Waals surface area contributed by atoms with Gasteiger partial charge in [0.15, 0.2) is 0 Å². The molecule has 88 valence electrons. The summed E-state index contributed by atoms with van der Waals surface area (Å²) in [5.74, 6) is 0.973. The lowest BCUT2D eigenvalue weighted by atomic mass is 10.3. The highest BCUT2D eigenvalue weighted by molar-refractivity contribution is 5.78. The first kappa shape index (κ1) is 12.2. The van der Waals surface area contributed by atoms with E-state index in [2.05, 4.69) is 20.6 Å². The van der Waals surface area contributed by atoms with Gasteiger partial charge in [-0.05, 0) is 13.8 Å². The van der Waals surface area contributed by atoms with Crippen LogP contribution in [-0.2, 0) is 9.53 Å². The average Bonchev–Trinajstić information content (AvgIpc) is 2.29. The van der Waals surface area contributed by atoms with E-state index in [1.54, 1.807) is 27.0 Å². The van der Waals surface area contributed by atoms with Gasteiger partial charge in [-0.15, -0.1) is 0 Å². The highest BCUT2D eigenvalue weighted by Gasteiger charge is 2.13. The molecule has 2 N–H and O–H groups in total. The molecule has 6 heteroatoms. The molecule has 0 saturated carbocycles. The Morgan fingerprint density at radius 3 is 2.81 bits per heavy atom. The number of carbonyl (C=O) groups is 1. The fraction of sp³-hybridized carbons (Fsp3) is 0.500. The Bertz CT molecular complexity index is 356. The summed E-state index contributed by atoms with van der Waals surface area (Å²) in [5, 5.41) is 5.82. The molecular weight excluding hydrogens is 208 g/mol. The molecule has 1 rings (SSSR count). The molecule has 0 bridgehead atoms. The summed E-state index contributed by atoms with van der Waals surface area (Å²) < 4.78 is 4.87. The third-order valence-corrected chi connectivity index (χ3v) is 1.93. The summed E-state index contributed by atoms with van der Waals surface area (Å²) in [7, 11) is 1.76. The van der Waals surface area contributed by atoms with Crippen LogP contribution in [0.2, 0.25) is 0 Å². The van der Waals surface area contributed by atoms with Crippen molar-refractivity contribution < 1.29 is 9.53 Å². The lowest BCUT2D eigenvalue weighted by Gasteiger charge is -2.13. The largest absolute Gasteiger partial charge is 0.464 e. The van der Waals surface area contributed by atoms with Gasteiger partial charge >= 0.3 is 5.97 Å². The first-order chi connectivity index (χ1) is 7.67. The summed E-state index contributed by atoms with van der Waals surface area (Å²) in [6.07, 6.45) is 1.42. The minimum Gasteiger partial charge on any atom is -0.464 e. The molecule has 0 spiro atoms. The standard InChI is InChI=1S/C10H16N4O2/c1-4-16-10(15)7(2)14-9-5-8(11-3)12-6-13-9/h5-7H,4H2,1-3H3,(H2,11,12,13,14). The van der Waals surface area contributed by atoms with Gasteiger partial charge in [0.25, 0.3) is 0 Å². The molecule has 1 aromatic heterocycles. The molecule has 0 aliphatic rings. The van der Waals surface area contributed by atoms with Crippen LogP contribution in [0.5, 0.6) is 0 Å². The minimum absolute atomic E-state index is 0.299. The summed E-state index contributed by atoms with van der Waals surface area (Å²) in [5.41, 5.74) is 0. The predicted molar refractivity (Wildman–Crippen MR) is 61.3 cm³/mol. The quantitative estimate of drug-likeness (QED) is 0.723. The van der Waals surface area contributed by atoms with Crippen LogP contribution in [0.25, 0.3) is 0 Å². The number of rotatable bonds is 5. The van der Waals surface area contributed by atoms with E-state index in [-0.39, 0.29) is 5.97 Å². The Labute approximate surface area is 94.4 Å². The maximum Gasteiger partial charge on any atom is 0.328 e. The average molecular weight is 224 g/mol. The summed E-state index contributed by atoms with van der Waals surface area (Å²) >= 11 is 0.